The standard InChI is InChI=1S/C64H37N3O3/c1-2-12-39(13-3-1)53-37-54(66-64(65-53)42-26-31-48-46-15-5-8-21-57(46)69-61(48)36-42)50-19-11-23-60-62(50)52-35-41(28-33-59(52)68-60)40-27-32-56-51(34-40)45-14-4-7-20-55(45)67(56)43-29-24-38(25-30-43)44-17-10-18-49-47-16-6-9-22-58(47)70-63(44)49/h1-37H. The third-order valence-corrected chi connectivity index (χ3v) is 14.1. The van der Waals surface area contributed by atoms with Crippen LogP contribution in [0.25, 0.3) is 149 Å². The largest absolute Gasteiger partial charge is 0.456 e. The molecule has 15 aromatic rings. The van der Waals surface area contributed by atoms with Gasteiger partial charge in [-0.2, -0.15) is 0 Å². The van der Waals surface area contributed by atoms with Gasteiger partial charge in [-0.05, 0) is 95.6 Å². The molecule has 0 spiro atoms. The van der Waals surface area contributed by atoms with E-state index < -0.39 is 0 Å². The summed E-state index contributed by atoms with van der Waals surface area (Å²) in [6.45, 7) is 0. The number of furan rings is 3. The summed E-state index contributed by atoms with van der Waals surface area (Å²) >= 11 is 0. The fourth-order valence-corrected chi connectivity index (χ4v) is 10.8. The van der Waals surface area contributed by atoms with E-state index in [1.54, 1.807) is 0 Å². The molecule has 0 bridgehead atoms. The molecule has 10 aromatic carbocycles. The first-order valence-electron chi connectivity index (χ1n) is 23.5. The predicted molar refractivity (Wildman–Crippen MR) is 285 cm³/mol. The highest BCUT2D eigenvalue weighted by molar-refractivity contribution is 6.15. The average molecular weight is 896 g/mol. The lowest BCUT2D eigenvalue weighted by Gasteiger charge is -2.11. The summed E-state index contributed by atoms with van der Waals surface area (Å²) in [4.78, 5) is 10.5. The van der Waals surface area contributed by atoms with E-state index in [1.165, 1.54) is 10.8 Å². The monoisotopic (exact) mass is 895 g/mol. The van der Waals surface area contributed by atoms with Crippen LogP contribution >= 0.6 is 0 Å². The second-order valence-electron chi connectivity index (χ2n) is 18.0. The zero-order valence-electron chi connectivity index (χ0n) is 37.4. The van der Waals surface area contributed by atoms with Crippen LogP contribution in [-0.4, -0.2) is 14.5 Å². The molecule has 6 heteroatoms. The third kappa shape index (κ3) is 5.93. The number of rotatable bonds is 6. The molecular formula is C64H37N3O3. The smallest absolute Gasteiger partial charge is 0.160 e. The number of fused-ring (bicyclic) bond motifs is 12. The Bertz CT molecular complexity index is 4590. The molecule has 0 saturated carbocycles. The van der Waals surface area contributed by atoms with Crippen LogP contribution in [0.3, 0.4) is 0 Å². The molecule has 0 amide bonds. The number of para-hydroxylation sites is 4. The summed E-state index contributed by atoms with van der Waals surface area (Å²) in [6, 6.07) is 78.5. The Morgan fingerprint density at radius 1 is 0.300 bits per heavy atom. The highest BCUT2D eigenvalue weighted by Crippen LogP contribution is 2.42. The molecule has 5 heterocycles. The Morgan fingerprint density at radius 3 is 1.74 bits per heavy atom. The molecule has 0 radical (unpaired) electrons. The number of benzene rings is 10. The van der Waals surface area contributed by atoms with Crippen LogP contribution in [-0.2, 0) is 0 Å². The van der Waals surface area contributed by atoms with Gasteiger partial charge in [-0.15, -0.1) is 0 Å². The van der Waals surface area contributed by atoms with Gasteiger partial charge in [0.2, 0.25) is 0 Å². The minimum Gasteiger partial charge on any atom is -0.456 e. The van der Waals surface area contributed by atoms with Gasteiger partial charge < -0.3 is 17.8 Å². The topological polar surface area (TPSA) is 70.1 Å². The summed E-state index contributed by atoms with van der Waals surface area (Å²) in [6.07, 6.45) is 0. The lowest BCUT2D eigenvalue weighted by atomic mass is 9.98. The summed E-state index contributed by atoms with van der Waals surface area (Å²) in [5, 5.41) is 8.82. The van der Waals surface area contributed by atoms with Gasteiger partial charge in [-0.25, -0.2) is 9.97 Å². The molecule has 5 aromatic heterocycles. The van der Waals surface area contributed by atoms with Crippen molar-refractivity contribution in [3.63, 3.8) is 0 Å². The van der Waals surface area contributed by atoms with Crippen molar-refractivity contribution in [2.45, 2.75) is 0 Å². The molecular weight excluding hydrogens is 859 g/mol. The quantitative estimate of drug-likeness (QED) is 0.166. The molecule has 326 valence electrons. The summed E-state index contributed by atoms with van der Waals surface area (Å²) in [5.74, 6) is 0.618. The van der Waals surface area contributed by atoms with Crippen molar-refractivity contribution < 1.29 is 13.3 Å². The van der Waals surface area contributed by atoms with Crippen LogP contribution < -0.4 is 0 Å². The second-order valence-corrected chi connectivity index (χ2v) is 18.0. The number of aromatic nitrogens is 3. The molecule has 0 saturated heterocycles. The zero-order valence-corrected chi connectivity index (χ0v) is 37.4. The van der Waals surface area contributed by atoms with Gasteiger partial charge in [0, 0.05) is 71.0 Å². The Hall–Kier alpha value is -9.52. The summed E-state index contributed by atoms with van der Waals surface area (Å²) < 4.78 is 21.7. The Morgan fingerprint density at radius 2 is 0.886 bits per heavy atom. The first-order chi connectivity index (χ1) is 34.7. The van der Waals surface area contributed by atoms with Gasteiger partial charge in [0.1, 0.15) is 33.5 Å². The predicted octanol–water partition coefficient (Wildman–Crippen LogP) is 17.6. The van der Waals surface area contributed by atoms with Crippen LogP contribution in [0.2, 0.25) is 0 Å². The van der Waals surface area contributed by atoms with E-state index in [0.29, 0.717) is 5.82 Å². The number of hydrogen-bond donors (Lipinski definition) is 0. The normalized spacial score (nSPS) is 12.0. The van der Waals surface area contributed by atoms with Gasteiger partial charge in [0.15, 0.2) is 5.82 Å². The highest BCUT2D eigenvalue weighted by atomic mass is 16.3. The first-order valence-corrected chi connectivity index (χ1v) is 23.5. The molecule has 6 nitrogen and oxygen atoms in total. The molecule has 0 aliphatic carbocycles. The Kier molecular flexibility index (Phi) is 8.26. The lowest BCUT2D eigenvalue weighted by Crippen LogP contribution is -1.96. The highest BCUT2D eigenvalue weighted by Gasteiger charge is 2.20. The molecule has 0 aliphatic rings. The third-order valence-electron chi connectivity index (χ3n) is 14.1. The molecule has 0 N–H and O–H groups in total. The van der Waals surface area contributed by atoms with Gasteiger partial charge >= 0.3 is 0 Å². The van der Waals surface area contributed by atoms with Crippen LogP contribution in [0.5, 0.6) is 0 Å². The number of nitrogens with zero attached hydrogens (tertiary/aromatic N) is 3. The van der Waals surface area contributed by atoms with E-state index in [9.17, 15) is 0 Å². The van der Waals surface area contributed by atoms with Crippen molar-refractivity contribution in [1.29, 1.82) is 0 Å². The van der Waals surface area contributed by atoms with Crippen molar-refractivity contribution in [3.05, 3.63) is 224 Å². The minimum atomic E-state index is 0.618. The zero-order chi connectivity index (χ0) is 45.9. The summed E-state index contributed by atoms with van der Waals surface area (Å²) in [5.41, 5.74) is 17.4. The van der Waals surface area contributed by atoms with Crippen molar-refractivity contribution in [2.75, 3.05) is 0 Å². The maximum atomic E-state index is 6.60. The minimum absolute atomic E-state index is 0.618. The van der Waals surface area contributed by atoms with E-state index in [4.69, 9.17) is 23.2 Å². The summed E-state index contributed by atoms with van der Waals surface area (Å²) in [7, 11) is 0. The van der Waals surface area contributed by atoms with E-state index in [0.717, 1.165) is 133 Å². The van der Waals surface area contributed by atoms with Gasteiger partial charge in [0.05, 0.1) is 22.4 Å². The van der Waals surface area contributed by atoms with Crippen LogP contribution in [0.1, 0.15) is 0 Å². The SMILES string of the molecule is c1ccc(-c2cc(-c3cccc4oc5ccc(-c6ccc7c(c6)c6ccccc6n7-c6ccc(-c7cccc8c7oc7ccccc78)cc6)cc5c34)nc(-c3ccc4c(c3)oc3ccccc34)n2)cc1. The second kappa shape index (κ2) is 15.0. The van der Waals surface area contributed by atoms with E-state index in [-0.39, 0.29) is 0 Å². The molecule has 0 aliphatic heterocycles. The maximum absolute atomic E-state index is 6.60. The fraction of sp³-hybridized carbons (Fsp3) is 0. The molecule has 15 rings (SSSR count). The van der Waals surface area contributed by atoms with Gasteiger partial charge in [0.25, 0.3) is 0 Å². The van der Waals surface area contributed by atoms with Gasteiger partial charge in [-0.1, -0.05) is 146 Å². The first kappa shape index (κ1) is 38.6. The molecule has 70 heavy (non-hydrogen) atoms. The van der Waals surface area contributed by atoms with Crippen LogP contribution in [0.15, 0.2) is 238 Å². The molecule has 0 atom stereocenters. The molecule has 0 unspecified atom stereocenters. The maximum Gasteiger partial charge on any atom is 0.160 e. The van der Waals surface area contributed by atoms with E-state index in [1.807, 2.05) is 60.7 Å². The Balaban J connectivity index is 0.841. The van der Waals surface area contributed by atoms with E-state index >= 15 is 0 Å². The average Bonchev–Trinajstić information content (AvgIpc) is 4.19. The van der Waals surface area contributed by atoms with Crippen molar-refractivity contribution in [2.24, 2.45) is 0 Å². The van der Waals surface area contributed by atoms with Crippen LogP contribution in [0, 0.1) is 0 Å². The lowest BCUT2D eigenvalue weighted by molar-refractivity contribution is 0.668. The molecule has 0 fully saturated rings. The van der Waals surface area contributed by atoms with Crippen molar-refractivity contribution >= 4 is 87.6 Å². The van der Waals surface area contributed by atoms with Crippen molar-refractivity contribution in [1.82, 2.24) is 14.5 Å². The number of hydrogen-bond acceptors (Lipinski definition) is 5. The van der Waals surface area contributed by atoms with Gasteiger partial charge in [-0.3, -0.25) is 0 Å². The Labute approximate surface area is 399 Å². The van der Waals surface area contributed by atoms with E-state index in [2.05, 4.69) is 168 Å². The fourth-order valence-electron chi connectivity index (χ4n) is 10.8. The van der Waals surface area contributed by atoms with Crippen molar-refractivity contribution in [3.8, 4) is 61.8 Å². The van der Waals surface area contributed by atoms with Crippen LogP contribution in [0.4, 0.5) is 0 Å².